The number of hydrogen-bond acceptors (Lipinski definition) is 4. The minimum Gasteiger partial charge on any atom is -0.506 e. The standard InChI is InChI=1S/C13H15NO5/c1-13(7-6-11(16)17)8-19-12(18)14(13)9-4-2-3-5-10(9)15/h2-5,15H,6-8H2,1H3,(H,16,17). The number of amides is 1. The van der Waals surface area contributed by atoms with Gasteiger partial charge in [0, 0.05) is 6.42 Å². The van der Waals surface area contributed by atoms with Crippen LogP contribution in [-0.4, -0.2) is 34.4 Å². The number of phenolic OH excluding ortho intramolecular Hbond substituents is 1. The molecule has 2 N–H and O–H groups in total. The summed E-state index contributed by atoms with van der Waals surface area (Å²) in [6.07, 6.45) is -0.394. The highest BCUT2D eigenvalue weighted by Gasteiger charge is 2.45. The molecule has 2 rings (SSSR count). The number of anilines is 1. The third kappa shape index (κ3) is 2.47. The zero-order chi connectivity index (χ0) is 14.0. The van der Waals surface area contributed by atoms with Gasteiger partial charge in [-0.25, -0.2) is 4.79 Å². The van der Waals surface area contributed by atoms with E-state index in [2.05, 4.69) is 0 Å². The number of rotatable bonds is 4. The van der Waals surface area contributed by atoms with Crippen LogP contribution in [-0.2, 0) is 9.53 Å². The number of benzene rings is 1. The molecule has 1 saturated heterocycles. The molecule has 19 heavy (non-hydrogen) atoms. The number of carboxylic acid groups (broad SMARTS) is 1. The molecule has 1 aromatic rings. The average molecular weight is 265 g/mol. The number of nitrogens with zero attached hydrogens (tertiary/aromatic N) is 1. The first-order valence-corrected chi connectivity index (χ1v) is 5.91. The largest absolute Gasteiger partial charge is 0.506 e. The zero-order valence-corrected chi connectivity index (χ0v) is 10.5. The van der Waals surface area contributed by atoms with Gasteiger partial charge in [-0.15, -0.1) is 0 Å². The van der Waals surface area contributed by atoms with E-state index in [1.165, 1.54) is 11.0 Å². The van der Waals surface area contributed by atoms with Crippen LogP contribution in [0, 0.1) is 0 Å². The maximum Gasteiger partial charge on any atom is 0.415 e. The fraction of sp³-hybridized carbons (Fsp3) is 0.385. The van der Waals surface area contributed by atoms with Crippen molar-refractivity contribution in [3.63, 3.8) is 0 Å². The first-order chi connectivity index (χ1) is 8.94. The van der Waals surface area contributed by atoms with Crippen molar-refractivity contribution in [3.05, 3.63) is 24.3 Å². The summed E-state index contributed by atoms with van der Waals surface area (Å²) in [6, 6.07) is 6.41. The molecule has 0 saturated carbocycles. The monoisotopic (exact) mass is 265 g/mol. The number of ether oxygens (including phenoxy) is 1. The third-order valence-corrected chi connectivity index (χ3v) is 3.23. The van der Waals surface area contributed by atoms with Crippen LogP contribution in [0.15, 0.2) is 24.3 Å². The Morgan fingerprint density at radius 1 is 1.47 bits per heavy atom. The summed E-state index contributed by atoms with van der Waals surface area (Å²) in [5.74, 6) is -0.972. The number of para-hydroxylation sites is 2. The molecule has 1 aliphatic heterocycles. The molecule has 1 fully saturated rings. The second kappa shape index (κ2) is 4.79. The summed E-state index contributed by atoms with van der Waals surface area (Å²) in [5, 5.41) is 18.6. The van der Waals surface area contributed by atoms with Gasteiger partial charge in [0.1, 0.15) is 12.4 Å². The van der Waals surface area contributed by atoms with Gasteiger partial charge >= 0.3 is 12.1 Å². The predicted octanol–water partition coefficient (Wildman–Crippen LogP) is 1.97. The van der Waals surface area contributed by atoms with Gasteiger partial charge in [0.05, 0.1) is 11.2 Å². The molecule has 1 unspecified atom stereocenters. The van der Waals surface area contributed by atoms with Crippen molar-refractivity contribution in [3.8, 4) is 5.75 Å². The molecule has 1 atom stereocenters. The molecule has 1 heterocycles. The normalized spacial score (nSPS) is 22.4. The van der Waals surface area contributed by atoms with Crippen LogP contribution in [0.25, 0.3) is 0 Å². The van der Waals surface area contributed by atoms with Gasteiger partial charge in [-0.3, -0.25) is 9.69 Å². The highest BCUT2D eigenvalue weighted by atomic mass is 16.6. The second-order valence-corrected chi connectivity index (χ2v) is 4.77. The Kier molecular flexibility index (Phi) is 3.33. The van der Waals surface area contributed by atoms with Gasteiger partial charge in [0.2, 0.25) is 0 Å². The van der Waals surface area contributed by atoms with Crippen molar-refractivity contribution in [2.45, 2.75) is 25.3 Å². The fourth-order valence-electron chi connectivity index (χ4n) is 2.17. The van der Waals surface area contributed by atoms with E-state index in [1.807, 2.05) is 0 Å². The number of carbonyl (C=O) groups excluding carboxylic acids is 1. The van der Waals surface area contributed by atoms with Crippen LogP contribution in [0.4, 0.5) is 10.5 Å². The quantitative estimate of drug-likeness (QED) is 0.869. The van der Waals surface area contributed by atoms with Gasteiger partial charge in [-0.2, -0.15) is 0 Å². The lowest BCUT2D eigenvalue weighted by Crippen LogP contribution is -2.45. The molecule has 0 radical (unpaired) electrons. The van der Waals surface area contributed by atoms with Crippen LogP contribution in [0.1, 0.15) is 19.8 Å². The molecule has 0 spiro atoms. The van der Waals surface area contributed by atoms with Crippen LogP contribution in [0.5, 0.6) is 5.75 Å². The van der Waals surface area contributed by atoms with Gasteiger partial charge in [0.25, 0.3) is 0 Å². The summed E-state index contributed by atoms with van der Waals surface area (Å²) in [5.41, 5.74) is -0.438. The number of carbonyl (C=O) groups is 2. The van der Waals surface area contributed by atoms with E-state index in [1.54, 1.807) is 25.1 Å². The van der Waals surface area contributed by atoms with E-state index < -0.39 is 17.6 Å². The van der Waals surface area contributed by atoms with E-state index in [0.717, 1.165) is 0 Å². The molecule has 0 aromatic heterocycles. The van der Waals surface area contributed by atoms with Crippen molar-refractivity contribution < 1.29 is 24.5 Å². The van der Waals surface area contributed by atoms with Crippen LogP contribution < -0.4 is 4.90 Å². The lowest BCUT2D eigenvalue weighted by Gasteiger charge is -2.31. The first kappa shape index (κ1) is 13.2. The predicted molar refractivity (Wildman–Crippen MR) is 67.2 cm³/mol. The lowest BCUT2D eigenvalue weighted by molar-refractivity contribution is -0.137. The van der Waals surface area contributed by atoms with Crippen LogP contribution in [0.3, 0.4) is 0 Å². The minimum atomic E-state index is -0.933. The number of aliphatic carboxylic acids is 1. The number of hydrogen-bond donors (Lipinski definition) is 2. The molecule has 6 heteroatoms. The van der Waals surface area contributed by atoms with E-state index in [9.17, 15) is 14.7 Å². The highest BCUT2D eigenvalue weighted by molar-refractivity contribution is 5.93. The smallest absolute Gasteiger partial charge is 0.415 e. The summed E-state index contributed by atoms with van der Waals surface area (Å²) >= 11 is 0. The topological polar surface area (TPSA) is 87.1 Å². The average Bonchev–Trinajstić information content (AvgIpc) is 2.65. The number of aromatic hydroxyl groups is 1. The molecule has 6 nitrogen and oxygen atoms in total. The fourth-order valence-corrected chi connectivity index (χ4v) is 2.17. The third-order valence-electron chi connectivity index (χ3n) is 3.23. The van der Waals surface area contributed by atoms with Crippen molar-refractivity contribution in [2.75, 3.05) is 11.5 Å². The number of carboxylic acids is 1. The maximum atomic E-state index is 11.8. The first-order valence-electron chi connectivity index (χ1n) is 5.91. The Morgan fingerprint density at radius 3 is 2.79 bits per heavy atom. The maximum absolute atomic E-state index is 11.8. The van der Waals surface area contributed by atoms with Crippen molar-refractivity contribution in [1.29, 1.82) is 0 Å². The molecule has 1 amide bonds. The molecule has 0 aliphatic carbocycles. The van der Waals surface area contributed by atoms with E-state index >= 15 is 0 Å². The van der Waals surface area contributed by atoms with Crippen LogP contribution >= 0.6 is 0 Å². The summed E-state index contributed by atoms with van der Waals surface area (Å²) in [4.78, 5) is 23.9. The molecule has 102 valence electrons. The minimum absolute atomic E-state index is 0.0390. The summed E-state index contributed by atoms with van der Waals surface area (Å²) in [6.45, 7) is 1.85. The SMILES string of the molecule is CC1(CCC(=O)O)COC(=O)N1c1ccccc1O. The van der Waals surface area contributed by atoms with Gasteiger partial charge in [-0.1, -0.05) is 12.1 Å². The summed E-state index contributed by atoms with van der Waals surface area (Å²) in [7, 11) is 0. The molecular weight excluding hydrogens is 250 g/mol. The number of phenols is 1. The van der Waals surface area contributed by atoms with Crippen molar-refractivity contribution in [2.24, 2.45) is 0 Å². The van der Waals surface area contributed by atoms with Crippen LogP contribution in [0.2, 0.25) is 0 Å². The molecule has 1 aliphatic rings. The van der Waals surface area contributed by atoms with Crippen molar-refractivity contribution >= 4 is 17.7 Å². The Labute approximate surface area is 110 Å². The van der Waals surface area contributed by atoms with E-state index in [0.29, 0.717) is 5.69 Å². The Hall–Kier alpha value is -2.24. The Bertz CT molecular complexity index is 516. The molecule has 1 aromatic carbocycles. The Balaban J connectivity index is 2.32. The molecular formula is C13H15NO5. The lowest BCUT2D eigenvalue weighted by atomic mass is 9.95. The highest BCUT2D eigenvalue weighted by Crippen LogP contribution is 2.38. The van der Waals surface area contributed by atoms with Gasteiger partial charge < -0.3 is 14.9 Å². The van der Waals surface area contributed by atoms with E-state index in [-0.39, 0.29) is 25.2 Å². The Morgan fingerprint density at radius 2 is 2.16 bits per heavy atom. The van der Waals surface area contributed by atoms with Crippen molar-refractivity contribution in [1.82, 2.24) is 0 Å². The second-order valence-electron chi connectivity index (χ2n) is 4.77. The zero-order valence-electron chi connectivity index (χ0n) is 10.5. The van der Waals surface area contributed by atoms with Gasteiger partial charge in [0.15, 0.2) is 0 Å². The van der Waals surface area contributed by atoms with Gasteiger partial charge in [-0.05, 0) is 25.5 Å². The summed E-state index contributed by atoms with van der Waals surface area (Å²) < 4.78 is 5.01. The number of cyclic esters (lactones) is 1. The van der Waals surface area contributed by atoms with E-state index in [4.69, 9.17) is 9.84 Å². The molecule has 0 bridgehead atoms.